The van der Waals surface area contributed by atoms with Gasteiger partial charge in [0.2, 0.25) is 10.0 Å². The number of rotatable bonds is 4. The first kappa shape index (κ1) is 15.3. The molecule has 2 rings (SSSR count). The van der Waals surface area contributed by atoms with E-state index in [0.717, 1.165) is 12.1 Å². The Bertz CT molecular complexity index is 718. The maximum atomic E-state index is 12.8. The highest BCUT2D eigenvalue weighted by Gasteiger charge is 2.13. The van der Waals surface area contributed by atoms with Crippen LogP contribution in [0.1, 0.15) is 5.56 Å². The maximum absolute atomic E-state index is 12.8. The van der Waals surface area contributed by atoms with Crippen molar-refractivity contribution in [1.82, 2.24) is 4.72 Å². The Morgan fingerprint density at radius 1 is 1.00 bits per heavy atom. The van der Waals surface area contributed by atoms with Crippen LogP contribution in [0.3, 0.4) is 0 Å². The number of sulfonamides is 1. The summed E-state index contributed by atoms with van der Waals surface area (Å²) in [5.74, 6) is -0.492. The lowest BCUT2D eigenvalue weighted by atomic mass is 10.2. The SMILES string of the molecule is O=S(=O)(NCc1ccc(Cl)c(Cl)c1)c1ccc(F)cc1. The van der Waals surface area contributed by atoms with E-state index in [0.29, 0.717) is 15.6 Å². The van der Waals surface area contributed by atoms with Gasteiger partial charge in [0.1, 0.15) is 5.82 Å². The van der Waals surface area contributed by atoms with Gasteiger partial charge in [-0.2, -0.15) is 0 Å². The first-order valence-electron chi connectivity index (χ1n) is 5.58. The summed E-state index contributed by atoms with van der Waals surface area (Å²) in [7, 11) is -3.69. The van der Waals surface area contributed by atoms with Gasteiger partial charge in [-0.3, -0.25) is 0 Å². The van der Waals surface area contributed by atoms with Crippen molar-refractivity contribution in [2.24, 2.45) is 0 Å². The van der Waals surface area contributed by atoms with Crippen molar-refractivity contribution < 1.29 is 12.8 Å². The van der Waals surface area contributed by atoms with Gasteiger partial charge in [-0.05, 0) is 42.0 Å². The molecule has 0 fully saturated rings. The van der Waals surface area contributed by atoms with Crippen molar-refractivity contribution in [3.05, 3.63) is 63.9 Å². The lowest BCUT2D eigenvalue weighted by Crippen LogP contribution is -2.23. The number of nitrogens with one attached hydrogen (secondary N) is 1. The molecule has 3 nitrogen and oxygen atoms in total. The van der Waals surface area contributed by atoms with Crippen molar-refractivity contribution in [3.8, 4) is 0 Å². The molecule has 7 heteroatoms. The number of hydrogen-bond donors (Lipinski definition) is 1. The van der Waals surface area contributed by atoms with Gasteiger partial charge in [0, 0.05) is 6.54 Å². The molecule has 0 radical (unpaired) electrons. The molecule has 2 aromatic rings. The van der Waals surface area contributed by atoms with E-state index in [4.69, 9.17) is 23.2 Å². The van der Waals surface area contributed by atoms with E-state index in [2.05, 4.69) is 4.72 Å². The number of hydrogen-bond acceptors (Lipinski definition) is 2. The average Bonchev–Trinajstić information content (AvgIpc) is 2.41. The monoisotopic (exact) mass is 333 g/mol. The average molecular weight is 334 g/mol. The van der Waals surface area contributed by atoms with E-state index in [1.807, 2.05) is 0 Å². The third kappa shape index (κ3) is 3.70. The summed E-state index contributed by atoms with van der Waals surface area (Å²) >= 11 is 11.6. The topological polar surface area (TPSA) is 46.2 Å². The Morgan fingerprint density at radius 2 is 1.65 bits per heavy atom. The summed E-state index contributed by atoms with van der Waals surface area (Å²) in [4.78, 5) is -0.000963. The Labute approximate surface area is 126 Å². The molecule has 0 aliphatic carbocycles. The van der Waals surface area contributed by atoms with Gasteiger partial charge < -0.3 is 0 Å². The van der Waals surface area contributed by atoms with Crippen LogP contribution in [-0.2, 0) is 16.6 Å². The molecule has 0 saturated carbocycles. The smallest absolute Gasteiger partial charge is 0.207 e. The van der Waals surface area contributed by atoms with Gasteiger partial charge in [-0.1, -0.05) is 29.3 Å². The summed E-state index contributed by atoms with van der Waals surface area (Å²) in [5, 5.41) is 0.752. The lowest BCUT2D eigenvalue weighted by molar-refractivity contribution is 0.580. The zero-order valence-corrected chi connectivity index (χ0v) is 12.4. The number of halogens is 3. The molecule has 0 heterocycles. The normalized spacial score (nSPS) is 11.6. The molecule has 0 aromatic heterocycles. The van der Waals surface area contributed by atoms with Gasteiger partial charge >= 0.3 is 0 Å². The minimum atomic E-state index is -3.69. The number of benzene rings is 2. The second-order valence-corrected chi connectivity index (χ2v) is 6.61. The molecule has 2 aromatic carbocycles. The first-order valence-corrected chi connectivity index (χ1v) is 7.81. The highest BCUT2D eigenvalue weighted by Crippen LogP contribution is 2.22. The van der Waals surface area contributed by atoms with E-state index in [1.165, 1.54) is 12.1 Å². The molecule has 0 spiro atoms. The molecule has 0 saturated heterocycles. The van der Waals surface area contributed by atoms with E-state index < -0.39 is 15.8 Å². The zero-order chi connectivity index (χ0) is 14.8. The second-order valence-electron chi connectivity index (χ2n) is 4.03. The molecule has 0 amide bonds. The largest absolute Gasteiger partial charge is 0.240 e. The summed E-state index contributed by atoms with van der Waals surface area (Å²) < 4.78 is 39.1. The molecule has 1 N–H and O–H groups in total. The highest BCUT2D eigenvalue weighted by molar-refractivity contribution is 7.89. The molecular formula is C13H10Cl2FNO2S. The lowest BCUT2D eigenvalue weighted by Gasteiger charge is -2.07. The van der Waals surface area contributed by atoms with Gasteiger partial charge in [0.25, 0.3) is 0 Å². The first-order chi connectivity index (χ1) is 9.38. The van der Waals surface area contributed by atoms with Crippen LogP contribution < -0.4 is 4.72 Å². The van der Waals surface area contributed by atoms with Crippen LogP contribution in [-0.4, -0.2) is 8.42 Å². The van der Waals surface area contributed by atoms with Crippen molar-refractivity contribution in [2.45, 2.75) is 11.4 Å². The fourth-order valence-electron chi connectivity index (χ4n) is 1.53. The molecule has 0 atom stereocenters. The third-order valence-corrected chi connectivity index (χ3v) is 4.73. The van der Waals surface area contributed by atoms with E-state index in [1.54, 1.807) is 18.2 Å². The summed E-state index contributed by atoms with van der Waals surface area (Å²) in [6.45, 7) is 0.0661. The highest BCUT2D eigenvalue weighted by atomic mass is 35.5. The molecule has 20 heavy (non-hydrogen) atoms. The summed E-state index contributed by atoms with van der Waals surface area (Å²) in [6, 6.07) is 9.42. The van der Waals surface area contributed by atoms with Gasteiger partial charge in [-0.15, -0.1) is 0 Å². The minimum Gasteiger partial charge on any atom is -0.207 e. The Balaban J connectivity index is 2.13. The molecule has 0 aliphatic heterocycles. The van der Waals surface area contributed by atoms with E-state index >= 15 is 0 Å². The predicted octanol–water partition coefficient (Wildman–Crippen LogP) is 3.61. The quantitative estimate of drug-likeness (QED) is 0.928. The Morgan fingerprint density at radius 3 is 2.25 bits per heavy atom. The van der Waals surface area contributed by atoms with Crippen LogP contribution in [0.5, 0.6) is 0 Å². The minimum absolute atomic E-state index is 0.000963. The van der Waals surface area contributed by atoms with Gasteiger partial charge in [-0.25, -0.2) is 17.5 Å². The zero-order valence-electron chi connectivity index (χ0n) is 10.1. The van der Waals surface area contributed by atoms with E-state index in [-0.39, 0.29) is 11.4 Å². The molecule has 0 unspecified atom stereocenters. The fraction of sp³-hybridized carbons (Fsp3) is 0.0769. The van der Waals surface area contributed by atoms with Crippen LogP contribution >= 0.6 is 23.2 Å². The van der Waals surface area contributed by atoms with Gasteiger partial charge in [0.05, 0.1) is 14.9 Å². The van der Waals surface area contributed by atoms with Crippen LogP contribution in [0.15, 0.2) is 47.4 Å². The predicted molar refractivity (Wildman–Crippen MR) is 76.9 cm³/mol. The van der Waals surface area contributed by atoms with Crippen LogP contribution in [0.25, 0.3) is 0 Å². The van der Waals surface area contributed by atoms with E-state index in [9.17, 15) is 12.8 Å². The van der Waals surface area contributed by atoms with Crippen LogP contribution in [0, 0.1) is 5.82 Å². The van der Waals surface area contributed by atoms with Crippen LogP contribution in [0.4, 0.5) is 4.39 Å². The van der Waals surface area contributed by atoms with Crippen LogP contribution in [0.2, 0.25) is 10.0 Å². The Hall–Kier alpha value is -1.14. The third-order valence-electron chi connectivity index (χ3n) is 2.57. The van der Waals surface area contributed by atoms with Crippen molar-refractivity contribution in [2.75, 3.05) is 0 Å². The van der Waals surface area contributed by atoms with Crippen molar-refractivity contribution in [1.29, 1.82) is 0 Å². The van der Waals surface area contributed by atoms with Gasteiger partial charge in [0.15, 0.2) is 0 Å². The standard InChI is InChI=1S/C13H10Cl2FNO2S/c14-12-6-1-9(7-13(12)15)8-17-20(18,19)11-4-2-10(16)3-5-11/h1-7,17H,8H2. The van der Waals surface area contributed by atoms with Crippen molar-refractivity contribution >= 4 is 33.2 Å². The second kappa shape index (κ2) is 6.10. The maximum Gasteiger partial charge on any atom is 0.240 e. The summed E-state index contributed by atoms with van der Waals surface area (Å²) in [6.07, 6.45) is 0. The molecule has 0 bridgehead atoms. The molecular weight excluding hydrogens is 324 g/mol. The molecule has 0 aliphatic rings. The summed E-state index contributed by atoms with van der Waals surface area (Å²) in [5.41, 5.74) is 0.671. The fourth-order valence-corrected chi connectivity index (χ4v) is 2.86. The molecule has 106 valence electrons. The van der Waals surface area contributed by atoms with Crippen molar-refractivity contribution in [3.63, 3.8) is 0 Å². The Kier molecular flexibility index (Phi) is 4.65.